The summed E-state index contributed by atoms with van der Waals surface area (Å²) in [6, 6.07) is 0. The quantitative estimate of drug-likeness (QED) is 0.371. The maximum atomic E-state index is 5.61. The second kappa shape index (κ2) is 3.35. The third-order valence-corrected chi connectivity index (χ3v) is 1.27. The molecule has 9 heavy (non-hydrogen) atoms. The first-order valence-corrected chi connectivity index (χ1v) is 3.02. The molecule has 0 radical (unpaired) electrons. The smallest absolute Gasteiger partial charge is 0.0417 e. The highest BCUT2D eigenvalue weighted by Crippen LogP contribution is 2.04. The van der Waals surface area contributed by atoms with E-state index in [-0.39, 0.29) is 0 Å². The Morgan fingerprint density at radius 2 is 1.89 bits per heavy atom. The van der Waals surface area contributed by atoms with Crippen LogP contribution in [-0.4, -0.2) is 0 Å². The van der Waals surface area contributed by atoms with Gasteiger partial charge >= 0.3 is 0 Å². The molecule has 0 saturated heterocycles. The van der Waals surface area contributed by atoms with Crippen molar-refractivity contribution in [2.45, 2.75) is 20.8 Å². The van der Waals surface area contributed by atoms with Crippen molar-refractivity contribution in [3.63, 3.8) is 0 Å². The Morgan fingerprint density at radius 1 is 1.44 bits per heavy atom. The first-order chi connectivity index (χ1) is 4.09. The normalized spacial score (nSPS) is 13.4. The highest BCUT2D eigenvalue weighted by Gasteiger charge is 1.99. The van der Waals surface area contributed by atoms with Crippen LogP contribution in [0.2, 0.25) is 0 Å². The number of allylic oxidation sites excluding steroid dienone is 2. The Bertz CT molecular complexity index is 115. The zero-order valence-electron chi connectivity index (χ0n) is 6.23. The van der Waals surface area contributed by atoms with Crippen LogP contribution in [0.25, 0.3) is 0 Å². The molecular formula is C6H15N3. The topological polar surface area (TPSA) is 64.1 Å². The van der Waals surface area contributed by atoms with Crippen LogP contribution >= 0.6 is 0 Å². The Kier molecular flexibility index (Phi) is 3.09. The third-order valence-electron chi connectivity index (χ3n) is 1.27. The average Bonchev–Trinajstić information content (AvgIpc) is 1.84. The van der Waals surface area contributed by atoms with Gasteiger partial charge in [0, 0.05) is 11.4 Å². The van der Waals surface area contributed by atoms with Crippen molar-refractivity contribution in [3.8, 4) is 0 Å². The van der Waals surface area contributed by atoms with E-state index in [0.717, 1.165) is 11.4 Å². The second-order valence-corrected chi connectivity index (χ2v) is 2.38. The number of hydrazine groups is 1. The van der Waals surface area contributed by atoms with Gasteiger partial charge in [-0.25, -0.2) is 0 Å². The SMILES string of the molecule is C/C(NN)=C(/N)C(C)C. The lowest BCUT2D eigenvalue weighted by Gasteiger charge is -2.08. The molecule has 5 N–H and O–H groups in total. The fraction of sp³-hybridized carbons (Fsp3) is 0.667. The number of hydrogen-bond donors (Lipinski definition) is 3. The van der Waals surface area contributed by atoms with E-state index in [1.165, 1.54) is 0 Å². The number of hydrogen-bond acceptors (Lipinski definition) is 3. The molecule has 0 aromatic heterocycles. The molecule has 0 bridgehead atoms. The number of nitrogens with two attached hydrogens (primary N) is 2. The van der Waals surface area contributed by atoms with Crippen molar-refractivity contribution in [2.24, 2.45) is 17.5 Å². The molecule has 0 heterocycles. The summed E-state index contributed by atoms with van der Waals surface area (Å²) < 4.78 is 0. The summed E-state index contributed by atoms with van der Waals surface area (Å²) in [5, 5.41) is 0. The summed E-state index contributed by atoms with van der Waals surface area (Å²) in [4.78, 5) is 0. The molecule has 0 spiro atoms. The molecule has 0 saturated carbocycles. The maximum absolute atomic E-state index is 5.61. The van der Waals surface area contributed by atoms with E-state index >= 15 is 0 Å². The molecule has 0 aliphatic rings. The van der Waals surface area contributed by atoms with Crippen LogP contribution < -0.4 is 17.0 Å². The molecule has 0 unspecified atom stereocenters. The molecule has 0 atom stereocenters. The summed E-state index contributed by atoms with van der Waals surface area (Å²) >= 11 is 0. The van der Waals surface area contributed by atoms with E-state index in [1.54, 1.807) is 0 Å². The van der Waals surface area contributed by atoms with Gasteiger partial charge in [-0.05, 0) is 12.8 Å². The van der Waals surface area contributed by atoms with Gasteiger partial charge in [0.25, 0.3) is 0 Å². The average molecular weight is 129 g/mol. The molecule has 0 rings (SSSR count). The van der Waals surface area contributed by atoms with Crippen LogP contribution in [0.4, 0.5) is 0 Å². The van der Waals surface area contributed by atoms with Crippen molar-refractivity contribution in [1.29, 1.82) is 0 Å². The molecule has 0 amide bonds. The highest BCUT2D eigenvalue weighted by atomic mass is 15.2. The molecule has 0 aliphatic heterocycles. The highest BCUT2D eigenvalue weighted by molar-refractivity contribution is 5.07. The predicted octanol–water partition coefficient (Wildman–Crippen LogP) is 0.296. The largest absolute Gasteiger partial charge is 0.400 e. The van der Waals surface area contributed by atoms with Gasteiger partial charge in [0.15, 0.2) is 0 Å². The summed E-state index contributed by atoms with van der Waals surface area (Å²) in [5.74, 6) is 5.48. The summed E-state index contributed by atoms with van der Waals surface area (Å²) in [7, 11) is 0. The fourth-order valence-electron chi connectivity index (χ4n) is 0.516. The minimum absolute atomic E-state index is 0.362. The van der Waals surface area contributed by atoms with Gasteiger partial charge in [-0.15, -0.1) is 0 Å². The van der Waals surface area contributed by atoms with Gasteiger partial charge < -0.3 is 11.2 Å². The Morgan fingerprint density at radius 3 is 2.00 bits per heavy atom. The molecule has 0 aromatic rings. The molecular weight excluding hydrogens is 114 g/mol. The van der Waals surface area contributed by atoms with Gasteiger partial charge in [0.1, 0.15) is 0 Å². The molecule has 0 fully saturated rings. The van der Waals surface area contributed by atoms with Gasteiger partial charge in [-0.2, -0.15) is 0 Å². The minimum Gasteiger partial charge on any atom is -0.400 e. The van der Waals surface area contributed by atoms with Crippen molar-refractivity contribution in [2.75, 3.05) is 0 Å². The van der Waals surface area contributed by atoms with Crippen LogP contribution in [-0.2, 0) is 0 Å². The standard InChI is InChI=1S/C6H15N3/c1-4(2)6(7)5(3)9-8/h4,9H,7-8H2,1-3H3/b6-5-. The first kappa shape index (κ1) is 8.30. The van der Waals surface area contributed by atoms with Crippen LogP contribution in [0.15, 0.2) is 11.4 Å². The number of nitrogens with one attached hydrogen (secondary N) is 1. The zero-order chi connectivity index (χ0) is 7.44. The predicted molar refractivity (Wildman–Crippen MR) is 39.0 cm³/mol. The van der Waals surface area contributed by atoms with Crippen LogP contribution in [0.3, 0.4) is 0 Å². The summed E-state index contributed by atoms with van der Waals surface area (Å²) in [6.07, 6.45) is 0. The first-order valence-electron chi connectivity index (χ1n) is 3.02. The minimum atomic E-state index is 0.362. The van der Waals surface area contributed by atoms with Gasteiger partial charge in [-0.3, -0.25) is 5.84 Å². The lowest BCUT2D eigenvalue weighted by molar-refractivity contribution is 0.714. The van der Waals surface area contributed by atoms with Crippen molar-refractivity contribution in [1.82, 2.24) is 5.43 Å². The van der Waals surface area contributed by atoms with E-state index in [9.17, 15) is 0 Å². The van der Waals surface area contributed by atoms with Gasteiger partial charge in [-0.1, -0.05) is 13.8 Å². The number of rotatable bonds is 2. The van der Waals surface area contributed by atoms with Crippen molar-refractivity contribution >= 4 is 0 Å². The molecule has 54 valence electrons. The van der Waals surface area contributed by atoms with Crippen LogP contribution in [0.1, 0.15) is 20.8 Å². The Labute approximate surface area is 56.1 Å². The van der Waals surface area contributed by atoms with Crippen molar-refractivity contribution in [3.05, 3.63) is 11.4 Å². The Balaban J connectivity index is 4.10. The zero-order valence-corrected chi connectivity index (χ0v) is 6.23. The lowest BCUT2D eigenvalue weighted by atomic mass is 10.1. The maximum Gasteiger partial charge on any atom is 0.0417 e. The fourth-order valence-corrected chi connectivity index (χ4v) is 0.516. The lowest BCUT2D eigenvalue weighted by Crippen LogP contribution is -2.24. The third kappa shape index (κ3) is 2.37. The van der Waals surface area contributed by atoms with E-state index < -0.39 is 0 Å². The van der Waals surface area contributed by atoms with E-state index in [0.29, 0.717) is 5.92 Å². The Hall–Kier alpha value is -0.700. The van der Waals surface area contributed by atoms with E-state index in [2.05, 4.69) is 5.43 Å². The van der Waals surface area contributed by atoms with Crippen LogP contribution in [0.5, 0.6) is 0 Å². The molecule has 3 heteroatoms. The monoisotopic (exact) mass is 129 g/mol. The molecule has 0 aromatic carbocycles. The van der Waals surface area contributed by atoms with Gasteiger partial charge in [0.2, 0.25) is 0 Å². The van der Waals surface area contributed by atoms with Crippen molar-refractivity contribution < 1.29 is 0 Å². The van der Waals surface area contributed by atoms with Crippen LogP contribution in [0, 0.1) is 5.92 Å². The molecule has 0 aliphatic carbocycles. The molecule has 3 nitrogen and oxygen atoms in total. The second-order valence-electron chi connectivity index (χ2n) is 2.38. The van der Waals surface area contributed by atoms with E-state index in [1.807, 2.05) is 20.8 Å². The van der Waals surface area contributed by atoms with Gasteiger partial charge in [0.05, 0.1) is 0 Å². The van der Waals surface area contributed by atoms with E-state index in [4.69, 9.17) is 11.6 Å². The summed E-state index contributed by atoms with van der Waals surface area (Å²) in [6.45, 7) is 5.90. The summed E-state index contributed by atoms with van der Waals surface area (Å²) in [5.41, 5.74) is 9.78.